The highest BCUT2D eigenvalue weighted by atomic mass is 35.5. The largest absolute Gasteiger partial charge is 0.507 e. The van der Waals surface area contributed by atoms with Crippen molar-refractivity contribution in [3.63, 3.8) is 0 Å². The van der Waals surface area contributed by atoms with Crippen LogP contribution in [0.5, 0.6) is 11.5 Å². The van der Waals surface area contributed by atoms with E-state index in [4.69, 9.17) is 9.47 Å². The van der Waals surface area contributed by atoms with E-state index in [9.17, 15) is 24.6 Å². The second-order valence-electron chi connectivity index (χ2n) is 8.28. The summed E-state index contributed by atoms with van der Waals surface area (Å²) >= 11 is 0. The maximum Gasteiger partial charge on any atom is 0.338 e. The van der Waals surface area contributed by atoms with Gasteiger partial charge in [-0.05, 0) is 37.6 Å². The van der Waals surface area contributed by atoms with Gasteiger partial charge in [0, 0.05) is 24.2 Å². The molecule has 1 saturated heterocycles. The van der Waals surface area contributed by atoms with Crippen molar-refractivity contribution in [2.75, 3.05) is 39.5 Å². The fourth-order valence-electron chi connectivity index (χ4n) is 4.26. The van der Waals surface area contributed by atoms with E-state index in [2.05, 4.69) is 4.90 Å². The van der Waals surface area contributed by atoms with Gasteiger partial charge in [0.05, 0.1) is 36.5 Å². The van der Waals surface area contributed by atoms with Crippen LogP contribution in [0.4, 0.5) is 0 Å². The number of benzene rings is 2. The standard InChI is InChI=1S/C25H27NO7.ClH/c27-19-7-5-6-17-21(19)24(30)22-18(23(17)29)14-16(15-20(22)28)25(31)33-11-4-2-1-3-8-26-9-12-32-13-10-26;/h5-7,14-15,27-28H,1-4,8-13H2;1H. The van der Waals surface area contributed by atoms with E-state index in [-0.39, 0.29) is 52.6 Å². The molecule has 2 aromatic carbocycles. The Morgan fingerprint density at radius 2 is 1.62 bits per heavy atom. The monoisotopic (exact) mass is 489 g/mol. The Labute approximate surface area is 203 Å². The Balaban J connectivity index is 0.00000324. The van der Waals surface area contributed by atoms with E-state index in [1.54, 1.807) is 0 Å². The van der Waals surface area contributed by atoms with Crippen LogP contribution < -0.4 is 0 Å². The molecule has 9 heteroatoms. The summed E-state index contributed by atoms with van der Waals surface area (Å²) in [5.41, 5.74) is -0.397. The molecule has 1 aliphatic carbocycles. The Morgan fingerprint density at radius 1 is 0.912 bits per heavy atom. The van der Waals surface area contributed by atoms with E-state index in [1.807, 2.05) is 0 Å². The van der Waals surface area contributed by atoms with Crippen molar-refractivity contribution in [2.45, 2.75) is 25.7 Å². The number of fused-ring (bicyclic) bond motifs is 2. The fraction of sp³-hybridized carbons (Fsp3) is 0.400. The minimum absolute atomic E-state index is 0. The number of carbonyl (C=O) groups is 3. The number of carbonyl (C=O) groups excluding carboxylic acids is 3. The molecule has 0 unspecified atom stereocenters. The molecule has 0 spiro atoms. The molecule has 1 heterocycles. The van der Waals surface area contributed by atoms with Crippen molar-refractivity contribution in [1.82, 2.24) is 4.90 Å². The summed E-state index contributed by atoms with van der Waals surface area (Å²) in [7, 11) is 0. The van der Waals surface area contributed by atoms with Crippen LogP contribution in [0.2, 0.25) is 0 Å². The van der Waals surface area contributed by atoms with E-state index >= 15 is 0 Å². The maximum absolute atomic E-state index is 12.9. The summed E-state index contributed by atoms with van der Waals surface area (Å²) in [6.07, 6.45) is 3.77. The molecule has 8 nitrogen and oxygen atoms in total. The second kappa shape index (κ2) is 11.5. The highest BCUT2D eigenvalue weighted by Gasteiger charge is 2.35. The molecule has 0 radical (unpaired) electrons. The smallest absolute Gasteiger partial charge is 0.338 e. The summed E-state index contributed by atoms with van der Waals surface area (Å²) in [4.78, 5) is 40.5. The Hall–Kier alpha value is -2.94. The molecule has 0 amide bonds. The van der Waals surface area contributed by atoms with Gasteiger partial charge in [0.2, 0.25) is 5.78 Å². The minimum Gasteiger partial charge on any atom is -0.507 e. The lowest BCUT2D eigenvalue weighted by atomic mass is 9.82. The molecule has 34 heavy (non-hydrogen) atoms. The Kier molecular flexibility index (Phi) is 8.66. The van der Waals surface area contributed by atoms with Crippen LogP contribution in [0.15, 0.2) is 30.3 Å². The van der Waals surface area contributed by atoms with Crippen LogP contribution in [0.1, 0.15) is 67.9 Å². The van der Waals surface area contributed by atoms with Crippen LogP contribution >= 0.6 is 12.4 Å². The average Bonchev–Trinajstić information content (AvgIpc) is 2.81. The van der Waals surface area contributed by atoms with E-state index in [0.29, 0.717) is 0 Å². The molecule has 2 aromatic rings. The van der Waals surface area contributed by atoms with Crippen LogP contribution in [0, 0.1) is 0 Å². The zero-order valence-electron chi connectivity index (χ0n) is 18.7. The predicted molar refractivity (Wildman–Crippen MR) is 126 cm³/mol. The van der Waals surface area contributed by atoms with Crippen LogP contribution in [-0.2, 0) is 9.47 Å². The number of rotatable bonds is 8. The maximum atomic E-state index is 12.9. The second-order valence-corrected chi connectivity index (χ2v) is 8.28. The zero-order chi connectivity index (χ0) is 23.4. The first-order valence-electron chi connectivity index (χ1n) is 11.2. The number of phenols is 2. The highest BCUT2D eigenvalue weighted by molar-refractivity contribution is 6.30. The first-order valence-corrected chi connectivity index (χ1v) is 11.2. The van der Waals surface area contributed by atoms with E-state index in [0.717, 1.165) is 64.6 Å². The van der Waals surface area contributed by atoms with Gasteiger partial charge >= 0.3 is 5.97 Å². The molecule has 0 atom stereocenters. The topological polar surface area (TPSA) is 113 Å². The lowest BCUT2D eigenvalue weighted by Gasteiger charge is -2.26. The number of aromatic hydroxyl groups is 2. The number of phenolic OH excluding ortho intramolecular Hbond substituents is 2. The van der Waals surface area contributed by atoms with Gasteiger partial charge in [-0.3, -0.25) is 14.5 Å². The first kappa shape index (κ1) is 25.7. The Morgan fingerprint density at radius 3 is 2.38 bits per heavy atom. The number of unbranched alkanes of at least 4 members (excludes halogenated alkanes) is 3. The average molecular weight is 490 g/mol. The number of hydrogen-bond donors (Lipinski definition) is 2. The molecule has 2 aliphatic rings. The SMILES string of the molecule is Cl.O=C(OCCCCCCN1CCOCC1)c1cc(O)c2c(c1)C(=O)c1cccc(O)c1C2=O. The summed E-state index contributed by atoms with van der Waals surface area (Å²) in [5.74, 6) is -2.68. The lowest BCUT2D eigenvalue weighted by molar-refractivity contribution is 0.0370. The van der Waals surface area contributed by atoms with Gasteiger partial charge in [-0.1, -0.05) is 25.0 Å². The lowest BCUT2D eigenvalue weighted by Crippen LogP contribution is -2.36. The highest BCUT2D eigenvalue weighted by Crippen LogP contribution is 2.37. The molecule has 1 fully saturated rings. The van der Waals surface area contributed by atoms with Gasteiger partial charge in [-0.25, -0.2) is 4.79 Å². The van der Waals surface area contributed by atoms with Gasteiger partial charge in [-0.15, -0.1) is 12.4 Å². The summed E-state index contributed by atoms with van der Waals surface area (Å²) < 4.78 is 10.6. The number of ketones is 2. The van der Waals surface area contributed by atoms with Gasteiger partial charge in [-0.2, -0.15) is 0 Å². The van der Waals surface area contributed by atoms with Gasteiger partial charge in [0.25, 0.3) is 0 Å². The van der Waals surface area contributed by atoms with Crippen molar-refractivity contribution in [3.05, 3.63) is 58.1 Å². The van der Waals surface area contributed by atoms with Crippen LogP contribution in [0.25, 0.3) is 0 Å². The molecule has 0 bridgehead atoms. The van der Waals surface area contributed by atoms with Crippen molar-refractivity contribution < 1.29 is 34.1 Å². The molecule has 4 rings (SSSR count). The molecular weight excluding hydrogens is 462 g/mol. The first-order chi connectivity index (χ1) is 16.0. The third-order valence-electron chi connectivity index (χ3n) is 6.04. The van der Waals surface area contributed by atoms with E-state index < -0.39 is 23.3 Å². The van der Waals surface area contributed by atoms with Crippen molar-refractivity contribution in [3.8, 4) is 11.5 Å². The van der Waals surface area contributed by atoms with E-state index in [1.165, 1.54) is 24.3 Å². The Bertz CT molecular complexity index is 1080. The summed E-state index contributed by atoms with van der Waals surface area (Å²) in [5, 5.41) is 20.4. The number of halogens is 1. The molecule has 0 saturated carbocycles. The number of ether oxygens (including phenoxy) is 2. The number of nitrogens with zero attached hydrogens (tertiary/aromatic N) is 1. The van der Waals surface area contributed by atoms with Crippen LogP contribution in [0.3, 0.4) is 0 Å². The third-order valence-corrected chi connectivity index (χ3v) is 6.04. The molecule has 2 N–H and O–H groups in total. The number of morpholine rings is 1. The molecule has 182 valence electrons. The predicted octanol–water partition coefficient (Wildman–Crippen LogP) is 3.34. The van der Waals surface area contributed by atoms with Gasteiger partial charge in [0.15, 0.2) is 5.78 Å². The third kappa shape index (κ3) is 5.41. The molecular formula is C25H28ClNO7. The zero-order valence-corrected chi connectivity index (χ0v) is 19.6. The summed E-state index contributed by atoms with van der Waals surface area (Å²) in [6, 6.07) is 6.59. The molecule has 0 aromatic heterocycles. The van der Waals surface area contributed by atoms with Gasteiger partial charge < -0.3 is 19.7 Å². The fourth-order valence-corrected chi connectivity index (χ4v) is 4.26. The normalized spacial score (nSPS) is 15.3. The molecule has 1 aliphatic heterocycles. The van der Waals surface area contributed by atoms with Crippen LogP contribution in [-0.4, -0.2) is 72.1 Å². The number of esters is 1. The quantitative estimate of drug-likeness (QED) is 0.366. The van der Waals surface area contributed by atoms with Crippen molar-refractivity contribution in [1.29, 1.82) is 0 Å². The van der Waals surface area contributed by atoms with Gasteiger partial charge in [0.1, 0.15) is 11.5 Å². The van der Waals surface area contributed by atoms with Crippen molar-refractivity contribution in [2.24, 2.45) is 0 Å². The minimum atomic E-state index is -0.664. The van der Waals surface area contributed by atoms with Crippen molar-refractivity contribution >= 4 is 29.9 Å². The number of hydrogen-bond acceptors (Lipinski definition) is 8. The summed E-state index contributed by atoms with van der Waals surface area (Å²) in [6.45, 7) is 4.83.